The van der Waals surface area contributed by atoms with E-state index in [-0.39, 0.29) is 0 Å². The number of alkyl halides is 6. The first-order valence-corrected chi connectivity index (χ1v) is 10.6. The first-order chi connectivity index (χ1) is 18.7. The van der Waals surface area contributed by atoms with Crippen molar-refractivity contribution in [1.82, 2.24) is 19.9 Å². The predicted octanol–water partition coefficient (Wildman–Crippen LogP) is 5.40. The number of aromatic nitrogens is 4. The van der Waals surface area contributed by atoms with Gasteiger partial charge in [0.15, 0.2) is 0 Å². The van der Waals surface area contributed by atoms with Gasteiger partial charge in [0.1, 0.15) is 17.3 Å². The fourth-order valence-electron chi connectivity index (χ4n) is 3.21. The van der Waals surface area contributed by atoms with Gasteiger partial charge in [-0.05, 0) is 30.3 Å². The normalized spacial score (nSPS) is 11.3. The lowest BCUT2D eigenvalue weighted by atomic mass is 10.1. The minimum Gasteiger partial charge on any atom is -0.475 e. The van der Waals surface area contributed by atoms with Crippen LogP contribution in [0.5, 0.6) is 0 Å². The molecule has 0 spiro atoms. The second-order valence-corrected chi connectivity index (χ2v) is 7.52. The van der Waals surface area contributed by atoms with E-state index < -0.39 is 24.3 Å². The summed E-state index contributed by atoms with van der Waals surface area (Å²) in [5, 5.41) is 27.0. The van der Waals surface area contributed by atoms with E-state index in [4.69, 9.17) is 24.8 Å². The van der Waals surface area contributed by atoms with Crippen LogP contribution in [0.2, 0.25) is 0 Å². The van der Waals surface area contributed by atoms with E-state index in [1.165, 1.54) is 0 Å². The second kappa shape index (κ2) is 11.5. The smallest absolute Gasteiger partial charge is 0.475 e. The van der Waals surface area contributed by atoms with Gasteiger partial charge >= 0.3 is 24.3 Å². The predicted molar refractivity (Wildman–Crippen MR) is 126 cm³/mol. The number of aromatic amines is 1. The number of pyridine rings is 2. The number of carbonyl (C=O) groups is 2. The molecule has 206 valence electrons. The number of fused-ring (bicyclic) bond motifs is 5. The standard InChI is InChI=1S/C20H12N6.2C2HF3O2/c21-10-12-4-1-2-5-13(12)20-25-17-14-7-9-22-11-16(14)24-19-15(18(17)26-20)6-3-8-23-19;2*3-2(4,5)1(6)7/h1-9,11H,(H,23,24)(H,25,26);2*(H,6,7). The molecule has 10 nitrogen and oxygen atoms in total. The molecule has 1 aliphatic heterocycles. The van der Waals surface area contributed by atoms with E-state index in [0.29, 0.717) is 11.4 Å². The largest absolute Gasteiger partial charge is 0.490 e. The Hall–Kier alpha value is -5.46. The highest BCUT2D eigenvalue weighted by Crippen LogP contribution is 2.42. The van der Waals surface area contributed by atoms with Gasteiger partial charge in [0.25, 0.3) is 0 Å². The maximum absolute atomic E-state index is 10.6. The third kappa shape index (κ3) is 6.69. The van der Waals surface area contributed by atoms with Crippen molar-refractivity contribution in [3.8, 4) is 40.0 Å². The summed E-state index contributed by atoms with van der Waals surface area (Å²) in [5.74, 6) is -4.13. The van der Waals surface area contributed by atoms with Crippen LogP contribution in [0.4, 0.5) is 37.8 Å². The Bertz CT molecular complexity index is 1510. The monoisotopic (exact) mass is 564 g/mol. The summed E-state index contributed by atoms with van der Waals surface area (Å²) in [4.78, 5) is 34.7. The number of carboxylic acid groups (broad SMARTS) is 2. The minimum atomic E-state index is -5.08. The van der Waals surface area contributed by atoms with Crippen LogP contribution in [0.25, 0.3) is 33.9 Å². The zero-order valence-electron chi connectivity index (χ0n) is 19.5. The number of imidazole rings is 1. The minimum absolute atomic E-state index is 0.580. The van der Waals surface area contributed by atoms with E-state index in [1.807, 2.05) is 36.4 Å². The third-order valence-corrected chi connectivity index (χ3v) is 4.90. The molecule has 0 saturated heterocycles. The number of aliphatic carboxylic acids is 2. The lowest BCUT2D eigenvalue weighted by molar-refractivity contribution is -0.193. The third-order valence-electron chi connectivity index (χ3n) is 4.90. The molecule has 0 fully saturated rings. The molecule has 0 unspecified atom stereocenters. The van der Waals surface area contributed by atoms with Crippen molar-refractivity contribution in [2.75, 3.05) is 5.32 Å². The molecule has 3 aromatic heterocycles. The molecule has 16 heteroatoms. The maximum Gasteiger partial charge on any atom is 0.490 e. The summed E-state index contributed by atoms with van der Waals surface area (Å²) in [6, 6.07) is 15.5. The number of hydrogen-bond donors (Lipinski definition) is 4. The highest BCUT2D eigenvalue weighted by atomic mass is 19.4. The van der Waals surface area contributed by atoms with Crippen LogP contribution >= 0.6 is 0 Å². The number of nitriles is 1. The molecule has 0 bridgehead atoms. The first kappa shape index (κ1) is 29.1. The van der Waals surface area contributed by atoms with Gasteiger partial charge in [-0.25, -0.2) is 19.6 Å². The Balaban J connectivity index is 0.000000263. The van der Waals surface area contributed by atoms with Crippen LogP contribution in [0, 0.1) is 11.3 Å². The molecule has 40 heavy (non-hydrogen) atoms. The molecule has 0 radical (unpaired) electrons. The number of nitrogens with zero attached hydrogens (tertiary/aromatic N) is 4. The Labute approximate surface area is 219 Å². The van der Waals surface area contributed by atoms with Gasteiger partial charge in [-0.1, -0.05) is 12.1 Å². The van der Waals surface area contributed by atoms with Crippen molar-refractivity contribution < 1.29 is 46.1 Å². The van der Waals surface area contributed by atoms with Gasteiger partial charge in [0, 0.05) is 29.1 Å². The van der Waals surface area contributed by atoms with Crippen LogP contribution in [0.15, 0.2) is 61.1 Å². The SMILES string of the molecule is N#Cc1ccccc1-c1nc2c([nH]1)-c1ccncc1Nc1ncccc1-2.O=C(O)C(F)(F)F.O=C(O)C(F)(F)F. The lowest BCUT2D eigenvalue weighted by Gasteiger charge is -2.08. The summed E-state index contributed by atoms with van der Waals surface area (Å²) in [7, 11) is 0. The quantitative estimate of drug-likeness (QED) is 0.195. The van der Waals surface area contributed by atoms with Gasteiger partial charge in [-0.3, -0.25) is 4.98 Å². The van der Waals surface area contributed by atoms with Crippen LogP contribution < -0.4 is 5.32 Å². The first-order valence-electron chi connectivity index (χ1n) is 10.6. The molecule has 0 atom stereocenters. The summed E-state index contributed by atoms with van der Waals surface area (Å²) < 4.78 is 63.5. The van der Waals surface area contributed by atoms with Crippen molar-refractivity contribution in [2.45, 2.75) is 12.4 Å². The summed E-state index contributed by atoms with van der Waals surface area (Å²) >= 11 is 0. The fourth-order valence-corrected chi connectivity index (χ4v) is 3.21. The van der Waals surface area contributed by atoms with Gasteiger partial charge in [0.2, 0.25) is 0 Å². The van der Waals surface area contributed by atoms with Gasteiger partial charge in [-0.15, -0.1) is 0 Å². The van der Waals surface area contributed by atoms with Crippen molar-refractivity contribution >= 4 is 23.4 Å². The summed E-state index contributed by atoms with van der Waals surface area (Å²) in [6.45, 7) is 0. The zero-order chi connectivity index (χ0) is 29.7. The number of carboxylic acids is 2. The number of hydrogen-bond acceptors (Lipinski definition) is 7. The highest BCUT2D eigenvalue weighted by Gasteiger charge is 2.38. The van der Waals surface area contributed by atoms with Gasteiger partial charge in [-0.2, -0.15) is 31.6 Å². The van der Waals surface area contributed by atoms with Crippen LogP contribution in [-0.2, 0) is 9.59 Å². The number of rotatable bonds is 1. The van der Waals surface area contributed by atoms with E-state index in [0.717, 1.165) is 39.6 Å². The maximum atomic E-state index is 10.6. The summed E-state index contributed by atoms with van der Waals surface area (Å²) in [5.41, 5.74) is 5.75. The van der Waals surface area contributed by atoms with E-state index in [9.17, 15) is 31.6 Å². The second-order valence-electron chi connectivity index (χ2n) is 7.52. The van der Waals surface area contributed by atoms with Crippen molar-refractivity contribution in [2.24, 2.45) is 0 Å². The molecular formula is C24H14F6N6O4. The topological polar surface area (TPSA) is 165 Å². The van der Waals surface area contributed by atoms with Gasteiger partial charge in [0.05, 0.1) is 29.2 Å². The average Bonchev–Trinajstić information content (AvgIpc) is 3.29. The molecule has 1 aromatic carbocycles. The van der Waals surface area contributed by atoms with Crippen LogP contribution in [0.3, 0.4) is 0 Å². The molecule has 4 heterocycles. The Morgan fingerprint density at radius 2 is 1.45 bits per heavy atom. The van der Waals surface area contributed by atoms with Gasteiger partial charge < -0.3 is 20.5 Å². The fraction of sp³-hybridized carbons (Fsp3) is 0.0833. The zero-order valence-corrected chi connectivity index (χ0v) is 19.5. The average molecular weight is 564 g/mol. The molecule has 4 aromatic rings. The number of H-pyrrole nitrogens is 1. The Morgan fingerprint density at radius 3 is 2.05 bits per heavy atom. The van der Waals surface area contributed by atoms with Crippen LogP contribution in [0.1, 0.15) is 5.56 Å². The number of halogens is 6. The molecule has 0 amide bonds. The van der Waals surface area contributed by atoms with E-state index in [1.54, 1.807) is 24.7 Å². The molecule has 0 saturated carbocycles. The molecule has 0 aliphatic carbocycles. The molecule has 5 rings (SSSR count). The number of nitrogens with one attached hydrogen (secondary N) is 2. The number of benzene rings is 1. The highest BCUT2D eigenvalue weighted by molar-refractivity contribution is 5.95. The molecular weight excluding hydrogens is 550 g/mol. The summed E-state index contributed by atoms with van der Waals surface area (Å²) in [6.07, 6.45) is -4.91. The Kier molecular flexibility index (Phi) is 8.38. The lowest BCUT2D eigenvalue weighted by Crippen LogP contribution is -2.21. The van der Waals surface area contributed by atoms with Crippen molar-refractivity contribution in [1.29, 1.82) is 5.26 Å². The molecule has 1 aliphatic rings. The van der Waals surface area contributed by atoms with Crippen molar-refractivity contribution in [3.05, 3.63) is 66.6 Å². The molecule has 4 N–H and O–H groups in total. The van der Waals surface area contributed by atoms with E-state index in [2.05, 4.69) is 26.3 Å². The van der Waals surface area contributed by atoms with E-state index >= 15 is 0 Å². The Morgan fingerprint density at radius 1 is 0.850 bits per heavy atom. The van der Waals surface area contributed by atoms with Crippen molar-refractivity contribution in [3.63, 3.8) is 0 Å². The van der Waals surface area contributed by atoms with Crippen LogP contribution in [-0.4, -0.2) is 54.4 Å². The number of anilines is 2.